The first kappa shape index (κ1) is 12.2. The average molecular weight is 241 g/mol. The summed E-state index contributed by atoms with van der Waals surface area (Å²) in [6.45, 7) is 2.01. The predicted octanol–water partition coefficient (Wildman–Crippen LogP) is 3.15. The van der Waals surface area contributed by atoms with Crippen LogP contribution in [0.3, 0.4) is 0 Å². The molecule has 0 aliphatic rings. The summed E-state index contributed by atoms with van der Waals surface area (Å²) in [5.74, 6) is 1.30. The van der Waals surface area contributed by atoms with Crippen molar-refractivity contribution < 1.29 is 9.53 Å². The topological polar surface area (TPSA) is 38.3 Å². The molecule has 0 heterocycles. The molecule has 3 nitrogen and oxygen atoms in total. The number of ether oxygens (including phenoxy) is 1. The van der Waals surface area contributed by atoms with E-state index in [1.54, 1.807) is 25.2 Å². The Morgan fingerprint density at radius 2 is 1.72 bits per heavy atom. The van der Waals surface area contributed by atoms with Gasteiger partial charge in [-0.2, -0.15) is 0 Å². The van der Waals surface area contributed by atoms with Crippen LogP contribution in [0.15, 0.2) is 48.5 Å². The molecule has 0 radical (unpaired) electrons. The second kappa shape index (κ2) is 5.36. The molecule has 1 amide bonds. The van der Waals surface area contributed by atoms with Crippen LogP contribution < -0.4 is 10.1 Å². The third-order valence-electron chi connectivity index (χ3n) is 2.55. The second-order valence-corrected chi connectivity index (χ2v) is 4.03. The smallest absolute Gasteiger partial charge is 0.251 e. The van der Waals surface area contributed by atoms with E-state index >= 15 is 0 Å². The van der Waals surface area contributed by atoms with Crippen molar-refractivity contribution in [2.24, 2.45) is 0 Å². The highest BCUT2D eigenvalue weighted by molar-refractivity contribution is 5.94. The molecule has 0 aliphatic heterocycles. The molecule has 0 bridgehead atoms. The van der Waals surface area contributed by atoms with Gasteiger partial charge in [0.1, 0.15) is 11.5 Å². The highest BCUT2D eigenvalue weighted by atomic mass is 16.5. The molecule has 0 saturated heterocycles. The molecule has 2 aromatic rings. The van der Waals surface area contributed by atoms with Crippen molar-refractivity contribution in [2.45, 2.75) is 6.92 Å². The lowest BCUT2D eigenvalue weighted by Gasteiger charge is -2.07. The molecule has 0 aliphatic carbocycles. The number of benzene rings is 2. The van der Waals surface area contributed by atoms with E-state index in [-0.39, 0.29) is 5.91 Å². The molecule has 0 atom stereocenters. The number of carbonyl (C=O) groups excluding carboxylic acids is 1. The fourth-order valence-corrected chi connectivity index (χ4v) is 1.66. The van der Waals surface area contributed by atoms with Crippen LogP contribution >= 0.6 is 0 Å². The maximum absolute atomic E-state index is 11.5. The Hall–Kier alpha value is -2.29. The van der Waals surface area contributed by atoms with Gasteiger partial charge in [0.2, 0.25) is 0 Å². The minimum absolute atomic E-state index is 0.121. The zero-order valence-electron chi connectivity index (χ0n) is 10.4. The largest absolute Gasteiger partial charge is 0.457 e. The lowest BCUT2D eigenvalue weighted by Crippen LogP contribution is -2.17. The van der Waals surface area contributed by atoms with Gasteiger partial charge in [0, 0.05) is 12.6 Å². The Labute approximate surface area is 106 Å². The minimum atomic E-state index is -0.121. The standard InChI is InChI=1S/C15H15NO2/c1-11-5-3-7-13(9-11)18-14-8-4-6-12(10-14)15(17)16-2/h3-10H,1-2H3,(H,16,17). The van der Waals surface area contributed by atoms with Gasteiger partial charge >= 0.3 is 0 Å². The van der Waals surface area contributed by atoms with E-state index in [1.807, 2.05) is 37.3 Å². The summed E-state index contributed by atoms with van der Waals surface area (Å²) >= 11 is 0. The fourth-order valence-electron chi connectivity index (χ4n) is 1.66. The molecule has 3 heteroatoms. The van der Waals surface area contributed by atoms with E-state index in [9.17, 15) is 4.79 Å². The van der Waals surface area contributed by atoms with E-state index in [2.05, 4.69) is 5.32 Å². The third kappa shape index (κ3) is 2.88. The summed E-state index contributed by atoms with van der Waals surface area (Å²) in [5.41, 5.74) is 1.72. The molecule has 0 aromatic heterocycles. The normalized spacial score (nSPS) is 9.89. The molecule has 0 spiro atoms. The lowest BCUT2D eigenvalue weighted by molar-refractivity contribution is 0.0963. The Kier molecular flexibility index (Phi) is 3.63. The van der Waals surface area contributed by atoms with Crippen molar-refractivity contribution in [3.63, 3.8) is 0 Å². The van der Waals surface area contributed by atoms with Gasteiger partial charge in [0.25, 0.3) is 5.91 Å². The SMILES string of the molecule is CNC(=O)c1cccc(Oc2cccc(C)c2)c1. The van der Waals surface area contributed by atoms with Gasteiger partial charge < -0.3 is 10.1 Å². The van der Waals surface area contributed by atoms with Crippen LogP contribution in [-0.2, 0) is 0 Å². The first-order chi connectivity index (χ1) is 8.69. The summed E-state index contributed by atoms with van der Waals surface area (Å²) < 4.78 is 5.71. The van der Waals surface area contributed by atoms with E-state index < -0.39 is 0 Å². The molecule has 0 fully saturated rings. The maximum Gasteiger partial charge on any atom is 0.251 e. The number of hydrogen-bond donors (Lipinski definition) is 1. The summed E-state index contributed by atoms with van der Waals surface area (Å²) in [6.07, 6.45) is 0. The number of nitrogens with one attached hydrogen (secondary N) is 1. The zero-order valence-corrected chi connectivity index (χ0v) is 10.4. The fraction of sp³-hybridized carbons (Fsp3) is 0.133. The van der Waals surface area contributed by atoms with Crippen molar-refractivity contribution in [2.75, 3.05) is 7.05 Å². The van der Waals surface area contributed by atoms with E-state index in [4.69, 9.17) is 4.74 Å². The van der Waals surface area contributed by atoms with Crippen LogP contribution in [0.4, 0.5) is 0 Å². The average Bonchev–Trinajstić information content (AvgIpc) is 2.38. The first-order valence-corrected chi connectivity index (χ1v) is 5.76. The van der Waals surface area contributed by atoms with Crippen LogP contribution in [0.5, 0.6) is 11.5 Å². The van der Waals surface area contributed by atoms with Crippen LogP contribution in [-0.4, -0.2) is 13.0 Å². The highest BCUT2D eigenvalue weighted by Gasteiger charge is 2.04. The molecule has 18 heavy (non-hydrogen) atoms. The van der Waals surface area contributed by atoms with Gasteiger partial charge in [0.15, 0.2) is 0 Å². The first-order valence-electron chi connectivity index (χ1n) is 5.76. The summed E-state index contributed by atoms with van der Waals surface area (Å²) in [5, 5.41) is 2.59. The number of aryl methyl sites for hydroxylation is 1. The van der Waals surface area contributed by atoms with Gasteiger partial charge in [-0.15, -0.1) is 0 Å². The molecule has 2 aromatic carbocycles. The van der Waals surface area contributed by atoms with E-state index in [0.717, 1.165) is 11.3 Å². The van der Waals surface area contributed by atoms with Crippen molar-refractivity contribution in [3.05, 3.63) is 59.7 Å². The van der Waals surface area contributed by atoms with Crippen molar-refractivity contribution in [1.29, 1.82) is 0 Å². The van der Waals surface area contributed by atoms with Gasteiger partial charge in [-0.25, -0.2) is 0 Å². The lowest BCUT2D eigenvalue weighted by atomic mass is 10.2. The third-order valence-corrected chi connectivity index (χ3v) is 2.55. The van der Waals surface area contributed by atoms with Gasteiger partial charge in [-0.1, -0.05) is 18.2 Å². The molecular weight excluding hydrogens is 226 g/mol. The number of rotatable bonds is 3. The zero-order chi connectivity index (χ0) is 13.0. The second-order valence-electron chi connectivity index (χ2n) is 4.03. The monoisotopic (exact) mass is 241 g/mol. The predicted molar refractivity (Wildman–Crippen MR) is 71.1 cm³/mol. The Morgan fingerprint density at radius 1 is 1.06 bits per heavy atom. The van der Waals surface area contributed by atoms with Crippen LogP contribution in [0.1, 0.15) is 15.9 Å². The highest BCUT2D eigenvalue weighted by Crippen LogP contribution is 2.22. The molecule has 1 N–H and O–H groups in total. The van der Waals surface area contributed by atoms with Gasteiger partial charge in [-0.05, 0) is 42.8 Å². The molecule has 0 unspecified atom stereocenters. The summed E-state index contributed by atoms with van der Waals surface area (Å²) in [6, 6.07) is 14.9. The number of amides is 1. The van der Waals surface area contributed by atoms with Crippen LogP contribution in [0.2, 0.25) is 0 Å². The van der Waals surface area contributed by atoms with E-state index in [1.165, 1.54) is 0 Å². The molecule has 0 saturated carbocycles. The molecule has 92 valence electrons. The van der Waals surface area contributed by atoms with Gasteiger partial charge in [-0.3, -0.25) is 4.79 Å². The van der Waals surface area contributed by atoms with E-state index in [0.29, 0.717) is 11.3 Å². The Bertz CT molecular complexity index is 564. The Morgan fingerprint density at radius 3 is 2.39 bits per heavy atom. The Balaban J connectivity index is 2.22. The minimum Gasteiger partial charge on any atom is -0.457 e. The molecular formula is C15H15NO2. The molecule has 2 rings (SSSR count). The summed E-state index contributed by atoms with van der Waals surface area (Å²) in [4.78, 5) is 11.5. The quantitative estimate of drug-likeness (QED) is 0.896. The number of carbonyl (C=O) groups is 1. The van der Waals surface area contributed by atoms with Crippen molar-refractivity contribution in [3.8, 4) is 11.5 Å². The van der Waals surface area contributed by atoms with Crippen LogP contribution in [0, 0.1) is 6.92 Å². The van der Waals surface area contributed by atoms with Gasteiger partial charge in [0.05, 0.1) is 0 Å². The van der Waals surface area contributed by atoms with Crippen molar-refractivity contribution >= 4 is 5.91 Å². The maximum atomic E-state index is 11.5. The summed E-state index contributed by atoms with van der Waals surface area (Å²) in [7, 11) is 1.61. The number of hydrogen-bond acceptors (Lipinski definition) is 2. The van der Waals surface area contributed by atoms with Crippen molar-refractivity contribution in [1.82, 2.24) is 5.32 Å². The van der Waals surface area contributed by atoms with Crippen LogP contribution in [0.25, 0.3) is 0 Å².